The van der Waals surface area contributed by atoms with Gasteiger partial charge in [-0.3, -0.25) is 19.7 Å². The average Bonchev–Trinajstić information content (AvgIpc) is 2.41. The van der Waals surface area contributed by atoms with Crippen LogP contribution in [0.15, 0.2) is 24.3 Å². The number of amides is 3. The van der Waals surface area contributed by atoms with Crippen molar-refractivity contribution in [2.75, 3.05) is 13.2 Å². The van der Waals surface area contributed by atoms with Gasteiger partial charge in [0.1, 0.15) is 12.6 Å². The third-order valence-corrected chi connectivity index (χ3v) is 2.96. The van der Waals surface area contributed by atoms with Gasteiger partial charge >= 0.3 is 0 Å². The summed E-state index contributed by atoms with van der Waals surface area (Å²) in [6.07, 6.45) is 0. The first-order chi connectivity index (χ1) is 9.49. The number of ether oxygens (including phenoxy) is 1. The zero-order valence-corrected chi connectivity index (χ0v) is 10.8. The number of hydrogen-bond donors (Lipinski definition) is 2. The summed E-state index contributed by atoms with van der Waals surface area (Å²) in [4.78, 5) is 35.8. The van der Waals surface area contributed by atoms with Crippen LogP contribution in [-0.4, -0.2) is 46.9 Å². The van der Waals surface area contributed by atoms with Crippen molar-refractivity contribution in [3.8, 4) is 11.5 Å². The van der Waals surface area contributed by atoms with Crippen molar-refractivity contribution in [2.24, 2.45) is 0 Å². The Morgan fingerprint density at radius 2 is 2.15 bits per heavy atom. The lowest BCUT2D eigenvalue weighted by atomic mass is 10.2. The molecule has 1 atom stereocenters. The summed E-state index contributed by atoms with van der Waals surface area (Å²) in [7, 11) is 0. The molecule has 1 aromatic carbocycles. The predicted molar refractivity (Wildman–Crippen MR) is 67.9 cm³/mol. The SMILES string of the molecule is CC1C(=O)NC(=O)CN1C(=O)COc1ccccc1O. The van der Waals surface area contributed by atoms with E-state index in [1.807, 2.05) is 0 Å². The highest BCUT2D eigenvalue weighted by Gasteiger charge is 2.33. The first kappa shape index (κ1) is 13.9. The van der Waals surface area contributed by atoms with Crippen LogP contribution in [0.1, 0.15) is 6.92 Å². The van der Waals surface area contributed by atoms with Crippen LogP contribution in [0.25, 0.3) is 0 Å². The number of nitrogens with zero attached hydrogens (tertiary/aromatic N) is 1. The Balaban J connectivity index is 1.99. The fraction of sp³-hybridized carbons (Fsp3) is 0.308. The third kappa shape index (κ3) is 2.87. The number of carbonyl (C=O) groups is 3. The van der Waals surface area contributed by atoms with Gasteiger partial charge in [-0.05, 0) is 19.1 Å². The second-order valence-corrected chi connectivity index (χ2v) is 4.37. The molecule has 106 valence electrons. The minimum Gasteiger partial charge on any atom is -0.504 e. The number of phenolic OH excluding ortho intramolecular Hbond substituents is 1. The Morgan fingerprint density at radius 3 is 2.85 bits per heavy atom. The molecule has 0 saturated carbocycles. The lowest BCUT2D eigenvalue weighted by Crippen LogP contribution is -2.59. The quantitative estimate of drug-likeness (QED) is 0.736. The summed E-state index contributed by atoms with van der Waals surface area (Å²) in [5, 5.41) is 11.6. The first-order valence-corrected chi connectivity index (χ1v) is 6.03. The molecule has 1 aromatic rings. The number of carbonyl (C=O) groups excluding carboxylic acids is 3. The van der Waals surface area contributed by atoms with Crippen LogP contribution in [0, 0.1) is 0 Å². The highest BCUT2D eigenvalue weighted by molar-refractivity contribution is 6.04. The highest BCUT2D eigenvalue weighted by Crippen LogP contribution is 2.24. The number of rotatable bonds is 3. The summed E-state index contributed by atoms with van der Waals surface area (Å²) >= 11 is 0. The van der Waals surface area contributed by atoms with Crippen LogP contribution in [0.5, 0.6) is 11.5 Å². The number of hydrogen-bond acceptors (Lipinski definition) is 5. The number of benzene rings is 1. The van der Waals surface area contributed by atoms with E-state index < -0.39 is 23.8 Å². The molecule has 1 saturated heterocycles. The molecule has 2 rings (SSSR count). The molecule has 1 fully saturated rings. The maximum atomic E-state index is 12.0. The first-order valence-electron chi connectivity index (χ1n) is 6.03. The number of piperazine rings is 1. The number of aromatic hydroxyl groups is 1. The Kier molecular flexibility index (Phi) is 3.88. The van der Waals surface area contributed by atoms with Crippen molar-refractivity contribution in [1.29, 1.82) is 0 Å². The molecule has 1 aliphatic rings. The van der Waals surface area contributed by atoms with Gasteiger partial charge in [0.2, 0.25) is 11.8 Å². The molecule has 2 N–H and O–H groups in total. The summed E-state index contributed by atoms with van der Waals surface area (Å²) in [6.45, 7) is 0.984. The van der Waals surface area contributed by atoms with E-state index in [0.29, 0.717) is 0 Å². The van der Waals surface area contributed by atoms with Gasteiger partial charge in [0.25, 0.3) is 5.91 Å². The van der Waals surface area contributed by atoms with Crippen molar-refractivity contribution >= 4 is 17.7 Å². The average molecular weight is 278 g/mol. The van der Waals surface area contributed by atoms with Crippen molar-refractivity contribution in [3.63, 3.8) is 0 Å². The molecule has 1 unspecified atom stereocenters. The molecule has 0 bridgehead atoms. The van der Waals surface area contributed by atoms with E-state index in [0.717, 1.165) is 4.90 Å². The van der Waals surface area contributed by atoms with E-state index in [1.54, 1.807) is 12.1 Å². The van der Waals surface area contributed by atoms with E-state index in [2.05, 4.69) is 5.32 Å². The van der Waals surface area contributed by atoms with E-state index >= 15 is 0 Å². The monoisotopic (exact) mass is 278 g/mol. The molecule has 0 spiro atoms. The molecule has 0 aliphatic carbocycles. The Morgan fingerprint density at radius 1 is 1.45 bits per heavy atom. The molecule has 7 heteroatoms. The van der Waals surface area contributed by atoms with E-state index in [4.69, 9.17) is 4.74 Å². The van der Waals surface area contributed by atoms with Gasteiger partial charge in [-0.2, -0.15) is 0 Å². The fourth-order valence-corrected chi connectivity index (χ4v) is 1.82. The maximum Gasteiger partial charge on any atom is 0.261 e. The second-order valence-electron chi connectivity index (χ2n) is 4.37. The van der Waals surface area contributed by atoms with E-state index in [1.165, 1.54) is 19.1 Å². The minimum absolute atomic E-state index is 0.0826. The van der Waals surface area contributed by atoms with Crippen LogP contribution in [0.4, 0.5) is 0 Å². The Bertz CT molecular complexity index is 557. The van der Waals surface area contributed by atoms with Gasteiger partial charge in [0, 0.05) is 0 Å². The standard InChI is InChI=1S/C13H14N2O5/c1-8-13(19)14-11(17)6-15(8)12(18)7-20-10-5-3-2-4-9(10)16/h2-5,8,16H,6-7H2,1H3,(H,14,17,19). The summed E-state index contributed by atoms with van der Waals surface area (Å²) < 4.78 is 5.19. The summed E-state index contributed by atoms with van der Waals surface area (Å²) in [6, 6.07) is 5.49. The van der Waals surface area contributed by atoms with Gasteiger partial charge in [-0.1, -0.05) is 12.1 Å². The molecule has 20 heavy (non-hydrogen) atoms. The molecule has 0 radical (unpaired) electrons. The molecule has 1 aliphatic heterocycles. The summed E-state index contributed by atoms with van der Waals surface area (Å²) in [5.74, 6) is -1.45. The molecular weight excluding hydrogens is 264 g/mol. The molecule has 1 heterocycles. The highest BCUT2D eigenvalue weighted by atomic mass is 16.5. The van der Waals surface area contributed by atoms with E-state index in [-0.39, 0.29) is 24.7 Å². The number of nitrogens with one attached hydrogen (secondary N) is 1. The molecule has 7 nitrogen and oxygen atoms in total. The fourth-order valence-electron chi connectivity index (χ4n) is 1.82. The Labute approximate surface area is 115 Å². The van der Waals surface area contributed by atoms with Gasteiger partial charge in [-0.25, -0.2) is 0 Å². The lowest BCUT2D eigenvalue weighted by molar-refractivity contribution is -0.150. The zero-order valence-electron chi connectivity index (χ0n) is 10.8. The number of para-hydroxylation sites is 2. The molecule has 0 aromatic heterocycles. The smallest absolute Gasteiger partial charge is 0.261 e. The van der Waals surface area contributed by atoms with Crippen molar-refractivity contribution in [3.05, 3.63) is 24.3 Å². The second kappa shape index (κ2) is 5.60. The minimum atomic E-state index is -0.729. The van der Waals surface area contributed by atoms with Gasteiger partial charge in [0.05, 0.1) is 0 Å². The third-order valence-electron chi connectivity index (χ3n) is 2.96. The van der Waals surface area contributed by atoms with Crippen LogP contribution < -0.4 is 10.1 Å². The van der Waals surface area contributed by atoms with Crippen LogP contribution in [0.2, 0.25) is 0 Å². The van der Waals surface area contributed by atoms with Gasteiger partial charge in [-0.15, -0.1) is 0 Å². The van der Waals surface area contributed by atoms with Gasteiger partial charge < -0.3 is 14.7 Å². The summed E-state index contributed by atoms with van der Waals surface area (Å²) in [5.41, 5.74) is 0. The topological polar surface area (TPSA) is 95.9 Å². The molecule has 3 amide bonds. The van der Waals surface area contributed by atoms with E-state index in [9.17, 15) is 19.5 Å². The van der Waals surface area contributed by atoms with Crippen molar-refractivity contribution in [2.45, 2.75) is 13.0 Å². The maximum absolute atomic E-state index is 12.0. The molecular formula is C13H14N2O5. The lowest BCUT2D eigenvalue weighted by Gasteiger charge is -2.31. The largest absolute Gasteiger partial charge is 0.504 e. The number of imide groups is 1. The van der Waals surface area contributed by atoms with Crippen molar-refractivity contribution < 1.29 is 24.2 Å². The zero-order chi connectivity index (χ0) is 14.7. The predicted octanol–water partition coefficient (Wildman–Crippen LogP) is -0.355. The van der Waals surface area contributed by atoms with Crippen LogP contribution in [0.3, 0.4) is 0 Å². The van der Waals surface area contributed by atoms with Crippen molar-refractivity contribution in [1.82, 2.24) is 10.2 Å². The normalized spacial score (nSPS) is 18.6. The number of phenols is 1. The van der Waals surface area contributed by atoms with Gasteiger partial charge in [0.15, 0.2) is 18.1 Å². The van der Waals surface area contributed by atoms with Crippen LogP contribution in [-0.2, 0) is 14.4 Å². The Hall–Kier alpha value is -2.57. The van der Waals surface area contributed by atoms with Crippen LogP contribution >= 0.6 is 0 Å².